The summed E-state index contributed by atoms with van der Waals surface area (Å²) in [7, 11) is -1.39. The van der Waals surface area contributed by atoms with Crippen LogP contribution in [0, 0.1) is 5.41 Å². The number of nitrogens with one attached hydrogen (secondary N) is 2. The van der Waals surface area contributed by atoms with E-state index in [0.29, 0.717) is 6.54 Å². The highest BCUT2D eigenvalue weighted by Crippen LogP contribution is 2.13. The van der Waals surface area contributed by atoms with Crippen molar-refractivity contribution in [1.82, 2.24) is 10.6 Å². The molecule has 0 radical (unpaired) electrons. The van der Waals surface area contributed by atoms with Crippen LogP contribution in [0.25, 0.3) is 0 Å². The molecule has 0 aromatic carbocycles. The lowest BCUT2D eigenvalue weighted by Crippen LogP contribution is -2.45. The van der Waals surface area contributed by atoms with Gasteiger partial charge in [-0.1, -0.05) is 0 Å². The van der Waals surface area contributed by atoms with Gasteiger partial charge in [-0.05, 0) is 20.8 Å². The molecule has 1 amide bonds. The monoisotopic (exact) mass is 250 g/mol. The summed E-state index contributed by atoms with van der Waals surface area (Å²) in [6, 6.07) is -0.154. The van der Waals surface area contributed by atoms with Crippen molar-refractivity contribution in [2.45, 2.75) is 26.8 Å². The van der Waals surface area contributed by atoms with Gasteiger partial charge in [0.2, 0.25) is 5.91 Å². The molecule has 0 aliphatic heterocycles. The third-order valence-corrected chi connectivity index (χ3v) is 3.39. The summed E-state index contributed by atoms with van der Waals surface area (Å²) >= 11 is 0. The van der Waals surface area contributed by atoms with Gasteiger partial charge in [0.25, 0.3) is 0 Å². The zero-order valence-electron chi connectivity index (χ0n) is 10.6. The van der Waals surface area contributed by atoms with Gasteiger partial charge in [-0.2, -0.15) is 0 Å². The maximum atomic E-state index is 11.5. The molecule has 0 spiro atoms. The Balaban J connectivity index is 4.20. The topological polar surface area (TPSA) is 75.3 Å². The van der Waals surface area contributed by atoms with E-state index in [1.54, 1.807) is 14.0 Å². The third-order valence-electron chi connectivity index (χ3n) is 2.29. The highest BCUT2D eigenvalue weighted by atomic mass is 32.2. The van der Waals surface area contributed by atoms with Gasteiger partial charge < -0.3 is 10.6 Å². The molecule has 0 aromatic heterocycles. The fourth-order valence-corrected chi connectivity index (χ4v) is 2.39. The normalized spacial score (nSPS) is 14.6. The first-order valence-corrected chi connectivity index (χ1v) is 7.28. The molecule has 0 aliphatic rings. The fraction of sp³-hybridized carbons (Fsp3) is 0.900. The maximum Gasteiger partial charge on any atom is 0.226 e. The first-order chi connectivity index (χ1) is 7.08. The highest BCUT2D eigenvalue weighted by molar-refractivity contribution is 7.90. The molecule has 0 saturated carbocycles. The van der Waals surface area contributed by atoms with Gasteiger partial charge in [0.05, 0.1) is 11.2 Å². The predicted octanol–water partition coefficient (Wildman–Crippen LogP) is -0.219. The smallest absolute Gasteiger partial charge is 0.226 e. The van der Waals surface area contributed by atoms with Gasteiger partial charge in [-0.25, -0.2) is 8.42 Å². The van der Waals surface area contributed by atoms with Crippen molar-refractivity contribution in [2.75, 3.05) is 25.6 Å². The molecule has 16 heavy (non-hydrogen) atoms. The average molecular weight is 250 g/mol. The van der Waals surface area contributed by atoms with E-state index in [9.17, 15) is 13.2 Å². The quantitative estimate of drug-likeness (QED) is 0.683. The van der Waals surface area contributed by atoms with Crippen LogP contribution in [0.15, 0.2) is 0 Å². The second-order valence-electron chi connectivity index (χ2n) is 4.84. The highest BCUT2D eigenvalue weighted by Gasteiger charge is 2.27. The Labute approximate surface area is 97.9 Å². The van der Waals surface area contributed by atoms with E-state index in [1.807, 2.05) is 13.8 Å². The minimum absolute atomic E-state index is 0.0634. The molecule has 1 unspecified atom stereocenters. The second-order valence-corrected chi connectivity index (χ2v) is 7.02. The van der Waals surface area contributed by atoms with Crippen LogP contribution in [-0.2, 0) is 14.6 Å². The van der Waals surface area contributed by atoms with Crippen LogP contribution in [0.1, 0.15) is 20.8 Å². The summed E-state index contributed by atoms with van der Waals surface area (Å²) in [5.74, 6) is 0.0168. The Morgan fingerprint density at radius 2 is 1.88 bits per heavy atom. The molecular weight excluding hydrogens is 228 g/mol. The number of carbonyl (C=O) groups excluding carboxylic acids is 1. The van der Waals surface area contributed by atoms with Crippen molar-refractivity contribution in [3.63, 3.8) is 0 Å². The number of amides is 1. The molecule has 6 heteroatoms. The molecule has 0 bridgehead atoms. The fourth-order valence-electron chi connectivity index (χ4n) is 1.36. The van der Waals surface area contributed by atoms with Crippen LogP contribution >= 0.6 is 0 Å². The van der Waals surface area contributed by atoms with Crippen LogP contribution in [0.2, 0.25) is 0 Å². The summed E-state index contributed by atoms with van der Waals surface area (Å²) in [6.07, 6.45) is 1.20. The van der Waals surface area contributed by atoms with Crippen molar-refractivity contribution < 1.29 is 13.2 Å². The number of hydrogen-bond donors (Lipinski definition) is 2. The molecular formula is C10H22N2O3S. The van der Waals surface area contributed by atoms with Crippen molar-refractivity contribution in [1.29, 1.82) is 0 Å². The van der Waals surface area contributed by atoms with Gasteiger partial charge in [0, 0.05) is 25.9 Å². The van der Waals surface area contributed by atoms with E-state index in [1.165, 1.54) is 6.26 Å². The molecule has 0 fully saturated rings. The molecule has 0 aliphatic carbocycles. The van der Waals surface area contributed by atoms with Crippen LogP contribution in [0.4, 0.5) is 0 Å². The second kappa shape index (κ2) is 5.63. The van der Waals surface area contributed by atoms with E-state index in [-0.39, 0.29) is 17.7 Å². The van der Waals surface area contributed by atoms with Gasteiger partial charge in [0.1, 0.15) is 9.84 Å². The Morgan fingerprint density at radius 1 is 1.38 bits per heavy atom. The van der Waals surface area contributed by atoms with Gasteiger partial charge in [0.15, 0.2) is 0 Å². The number of hydrogen-bond acceptors (Lipinski definition) is 4. The Morgan fingerprint density at radius 3 is 2.25 bits per heavy atom. The minimum Gasteiger partial charge on any atom is -0.359 e. The Kier molecular flexibility index (Phi) is 5.41. The van der Waals surface area contributed by atoms with E-state index < -0.39 is 15.3 Å². The predicted molar refractivity (Wildman–Crippen MR) is 65.0 cm³/mol. The average Bonchev–Trinajstić information content (AvgIpc) is 2.11. The number of carbonyl (C=O) groups is 1. The van der Waals surface area contributed by atoms with E-state index >= 15 is 0 Å². The van der Waals surface area contributed by atoms with Crippen LogP contribution in [-0.4, -0.2) is 46.0 Å². The standard InChI is InChI=1S/C10H22N2O3S/c1-8(6-16(5,14)15)12-7-10(2,3)9(13)11-4/h8,12H,6-7H2,1-5H3,(H,11,13). The number of rotatable bonds is 6. The summed E-state index contributed by atoms with van der Waals surface area (Å²) in [5, 5.41) is 5.63. The summed E-state index contributed by atoms with van der Waals surface area (Å²) < 4.78 is 22.1. The molecule has 0 saturated heterocycles. The van der Waals surface area contributed by atoms with Crippen LogP contribution in [0.5, 0.6) is 0 Å². The third kappa shape index (κ3) is 6.07. The lowest BCUT2D eigenvalue weighted by atomic mass is 9.92. The van der Waals surface area contributed by atoms with Crippen LogP contribution in [0.3, 0.4) is 0 Å². The number of sulfone groups is 1. The molecule has 0 aromatic rings. The lowest BCUT2D eigenvalue weighted by Gasteiger charge is -2.25. The van der Waals surface area contributed by atoms with Crippen molar-refractivity contribution >= 4 is 15.7 Å². The van der Waals surface area contributed by atoms with Crippen LogP contribution < -0.4 is 10.6 Å². The molecule has 0 rings (SSSR count). The minimum atomic E-state index is -2.98. The van der Waals surface area contributed by atoms with Crippen molar-refractivity contribution in [3.05, 3.63) is 0 Å². The van der Waals surface area contributed by atoms with Crippen molar-refractivity contribution in [2.24, 2.45) is 5.41 Å². The summed E-state index contributed by atoms with van der Waals surface area (Å²) in [4.78, 5) is 11.5. The van der Waals surface area contributed by atoms with E-state index in [4.69, 9.17) is 0 Å². The zero-order chi connectivity index (χ0) is 13.0. The maximum absolute atomic E-state index is 11.5. The summed E-state index contributed by atoms with van der Waals surface area (Å²) in [6.45, 7) is 5.86. The first-order valence-electron chi connectivity index (χ1n) is 5.22. The zero-order valence-corrected chi connectivity index (χ0v) is 11.4. The van der Waals surface area contributed by atoms with Crippen molar-refractivity contribution in [3.8, 4) is 0 Å². The Hall–Kier alpha value is -0.620. The van der Waals surface area contributed by atoms with E-state index in [0.717, 1.165) is 0 Å². The molecule has 2 N–H and O–H groups in total. The SMILES string of the molecule is CNC(=O)C(C)(C)CNC(C)CS(C)(=O)=O. The molecule has 0 heterocycles. The van der Waals surface area contributed by atoms with Gasteiger partial charge in [-0.15, -0.1) is 0 Å². The first kappa shape index (κ1) is 15.4. The molecule has 5 nitrogen and oxygen atoms in total. The molecule has 96 valence electrons. The van der Waals surface area contributed by atoms with E-state index in [2.05, 4.69) is 10.6 Å². The lowest BCUT2D eigenvalue weighted by molar-refractivity contribution is -0.128. The largest absolute Gasteiger partial charge is 0.359 e. The molecule has 1 atom stereocenters. The Bertz CT molecular complexity index is 336. The summed E-state index contributed by atoms with van der Waals surface area (Å²) in [5.41, 5.74) is -0.541. The van der Waals surface area contributed by atoms with Gasteiger partial charge >= 0.3 is 0 Å². The van der Waals surface area contributed by atoms with Gasteiger partial charge in [-0.3, -0.25) is 4.79 Å².